The van der Waals surface area contributed by atoms with Gasteiger partial charge in [0.2, 0.25) is 0 Å². The molecule has 2 aliphatic rings. The normalized spacial score (nSPS) is 16.4. The zero-order valence-corrected chi connectivity index (χ0v) is 19.5. The number of piperidine rings is 1. The lowest BCUT2D eigenvalue weighted by Gasteiger charge is -2.34. The third-order valence-electron chi connectivity index (χ3n) is 6.13. The third kappa shape index (κ3) is 3.78. The molecule has 5 rings (SSSR count). The fourth-order valence-corrected chi connectivity index (χ4v) is 5.02. The molecule has 6 nitrogen and oxygen atoms in total. The minimum Gasteiger partial charge on any atom is -0.366 e. The summed E-state index contributed by atoms with van der Waals surface area (Å²) < 4.78 is 2.83. The molecule has 158 valence electrons. The van der Waals surface area contributed by atoms with E-state index in [9.17, 15) is 0 Å². The van der Waals surface area contributed by atoms with Crippen LogP contribution in [0.15, 0.2) is 34.9 Å². The summed E-state index contributed by atoms with van der Waals surface area (Å²) in [6.45, 7) is 2.75. The van der Waals surface area contributed by atoms with Gasteiger partial charge in [-0.25, -0.2) is 4.98 Å². The molecule has 3 aromatic rings. The Balaban J connectivity index is 0.00000128. The summed E-state index contributed by atoms with van der Waals surface area (Å²) in [5.74, 6) is 1.03. The van der Waals surface area contributed by atoms with Gasteiger partial charge in [0.25, 0.3) is 0 Å². The molecular formula is C21H23BrCl2N6. The number of nitrogens with zero attached hydrogens (tertiary/aromatic N) is 4. The van der Waals surface area contributed by atoms with Gasteiger partial charge in [0.05, 0.1) is 28.0 Å². The minimum absolute atomic E-state index is 0. The van der Waals surface area contributed by atoms with Gasteiger partial charge >= 0.3 is 0 Å². The van der Waals surface area contributed by atoms with E-state index < -0.39 is 0 Å². The van der Waals surface area contributed by atoms with Crippen molar-refractivity contribution in [3.63, 3.8) is 0 Å². The number of nitrogens with one attached hydrogen (secondary N) is 2. The van der Waals surface area contributed by atoms with Gasteiger partial charge < -0.3 is 10.6 Å². The second kappa shape index (κ2) is 9.11. The molecule has 1 fully saturated rings. The molecule has 0 radical (unpaired) electrons. The van der Waals surface area contributed by atoms with E-state index in [0.717, 1.165) is 60.3 Å². The summed E-state index contributed by atoms with van der Waals surface area (Å²) in [4.78, 5) is 5.08. The van der Waals surface area contributed by atoms with Gasteiger partial charge in [0.15, 0.2) is 5.65 Å². The molecular weight excluding hydrogens is 487 g/mol. The van der Waals surface area contributed by atoms with E-state index in [1.807, 2.05) is 35.0 Å². The first-order valence-corrected chi connectivity index (χ1v) is 10.5. The van der Waals surface area contributed by atoms with E-state index in [2.05, 4.69) is 37.7 Å². The lowest BCUT2D eigenvalue weighted by molar-refractivity contribution is 0.301. The van der Waals surface area contributed by atoms with E-state index in [4.69, 9.17) is 10.2 Å². The molecule has 0 saturated carbocycles. The minimum atomic E-state index is 0. The SMILES string of the molecule is Cl.Cl.N#Cc1cccc(CNc2c3c(nc4c(Br)cnn24)C2(CCNCC2)CC3)c1. The first-order valence-electron chi connectivity index (χ1n) is 9.70. The van der Waals surface area contributed by atoms with Crippen LogP contribution in [0.3, 0.4) is 0 Å². The maximum Gasteiger partial charge on any atom is 0.171 e. The summed E-state index contributed by atoms with van der Waals surface area (Å²) in [6, 6.07) is 9.94. The Kier molecular flexibility index (Phi) is 6.93. The van der Waals surface area contributed by atoms with Crippen molar-refractivity contribution in [2.24, 2.45) is 0 Å². The third-order valence-corrected chi connectivity index (χ3v) is 6.69. The Labute approximate surface area is 196 Å². The quantitative estimate of drug-likeness (QED) is 0.547. The van der Waals surface area contributed by atoms with Crippen molar-refractivity contribution >= 4 is 52.2 Å². The largest absolute Gasteiger partial charge is 0.366 e. The van der Waals surface area contributed by atoms with E-state index in [1.165, 1.54) is 11.3 Å². The fourth-order valence-electron chi connectivity index (χ4n) is 4.67. The predicted molar refractivity (Wildman–Crippen MR) is 126 cm³/mol. The van der Waals surface area contributed by atoms with Crippen molar-refractivity contribution in [2.45, 2.75) is 37.6 Å². The Morgan fingerprint density at radius 2 is 2.03 bits per heavy atom. The van der Waals surface area contributed by atoms with E-state index >= 15 is 0 Å². The number of hydrogen-bond donors (Lipinski definition) is 2. The fraction of sp³-hybridized carbons (Fsp3) is 0.381. The molecule has 0 bridgehead atoms. The number of anilines is 1. The topological polar surface area (TPSA) is 78.0 Å². The van der Waals surface area contributed by atoms with Gasteiger partial charge in [0, 0.05) is 17.5 Å². The van der Waals surface area contributed by atoms with Gasteiger partial charge in [-0.3, -0.25) is 0 Å². The van der Waals surface area contributed by atoms with E-state index in [1.54, 1.807) is 0 Å². The van der Waals surface area contributed by atoms with Crippen LogP contribution in [-0.2, 0) is 18.4 Å². The molecule has 1 spiro atoms. The molecule has 3 heterocycles. The molecule has 1 aromatic carbocycles. The van der Waals surface area contributed by atoms with Crippen LogP contribution in [0, 0.1) is 11.3 Å². The van der Waals surface area contributed by atoms with Gasteiger partial charge in [-0.1, -0.05) is 12.1 Å². The van der Waals surface area contributed by atoms with Crippen molar-refractivity contribution in [1.29, 1.82) is 5.26 Å². The number of hydrogen-bond acceptors (Lipinski definition) is 5. The van der Waals surface area contributed by atoms with Crippen molar-refractivity contribution < 1.29 is 0 Å². The average molecular weight is 510 g/mol. The Morgan fingerprint density at radius 3 is 2.80 bits per heavy atom. The van der Waals surface area contributed by atoms with Gasteiger partial charge in [0.1, 0.15) is 5.82 Å². The van der Waals surface area contributed by atoms with Crippen molar-refractivity contribution in [3.8, 4) is 6.07 Å². The maximum atomic E-state index is 9.16. The number of benzene rings is 1. The molecule has 1 saturated heterocycles. The highest BCUT2D eigenvalue weighted by atomic mass is 79.9. The summed E-state index contributed by atoms with van der Waals surface area (Å²) in [6.07, 6.45) is 6.27. The van der Waals surface area contributed by atoms with Crippen LogP contribution >= 0.6 is 40.7 Å². The standard InChI is InChI=1S/C21H21BrN6.2ClH/c22-17-13-26-28-19(25-12-15-3-1-2-14(10-15)11-23)16-4-5-21(6-8-24-9-7-21)18(16)27-20(17)28;;/h1-3,10,13,24-25H,4-9,12H2;2*1H. The molecule has 9 heteroatoms. The molecule has 0 unspecified atom stereocenters. The first-order chi connectivity index (χ1) is 13.7. The van der Waals surface area contributed by atoms with Crippen LogP contribution in [0.25, 0.3) is 5.65 Å². The van der Waals surface area contributed by atoms with Gasteiger partial charge in [-0.15, -0.1) is 24.8 Å². The number of fused-ring (bicyclic) bond motifs is 3. The molecule has 1 aliphatic carbocycles. The molecule has 1 aliphatic heterocycles. The highest BCUT2D eigenvalue weighted by molar-refractivity contribution is 9.10. The summed E-state index contributed by atoms with van der Waals surface area (Å²) >= 11 is 3.61. The van der Waals surface area contributed by atoms with E-state index in [-0.39, 0.29) is 30.2 Å². The zero-order valence-electron chi connectivity index (χ0n) is 16.3. The molecule has 2 aromatic heterocycles. The highest BCUT2D eigenvalue weighted by Gasteiger charge is 2.43. The smallest absolute Gasteiger partial charge is 0.171 e. The highest BCUT2D eigenvalue weighted by Crippen LogP contribution is 2.46. The summed E-state index contributed by atoms with van der Waals surface area (Å²) in [5, 5.41) is 20.8. The molecule has 30 heavy (non-hydrogen) atoms. The number of aromatic nitrogens is 3. The van der Waals surface area contributed by atoms with Gasteiger partial charge in [-0.05, 0) is 72.4 Å². The van der Waals surface area contributed by atoms with Crippen molar-refractivity contribution in [1.82, 2.24) is 19.9 Å². The Morgan fingerprint density at radius 1 is 1.23 bits per heavy atom. The first kappa shape index (κ1) is 22.8. The van der Waals surface area contributed by atoms with Crippen LogP contribution in [0.1, 0.15) is 41.6 Å². The summed E-state index contributed by atoms with van der Waals surface area (Å²) in [7, 11) is 0. The lowest BCUT2D eigenvalue weighted by Crippen LogP contribution is -2.39. The second-order valence-corrected chi connectivity index (χ2v) is 8.57. The number of halogens is 3. The Bertz CT molecular complexity index is 1100. The average Bonchev–Trinajstić information content (AvgIpc) is 3.28. The molecule has 0 amide bonds. The summed E-state index contributed by atoms with van der Waals surface area (Å²) in [5.41, 5.74) is 5.35. The molecule has 2 N–H and O–H groups in total. The van der Waals surface area contributed by atoms with Gasteiger partial charge in [-0.2, -0.15) is 14.9 Å². The second-order valence-electron chi connectivity index (χ2n) is 7.71. The monoisotopic (exact) mass is 508 g/mol. The van der Waals surface area contributed by atoms with Crippen molar-refractivity contribution in [3.05, 3.63) is 57.3 Å². The predicted octanol–water partition coefficient (Wildman–Crippen LogP) is 4.39. The van der Waals surface area contributed by atoms with Crippen LogP contribution in [0.4, 0.5) is 5.82 Å². The lowest BCUT2D eigenvalue weighted by atomic mass is 9.77. The van der Waals surface area contributed by atoms with Crippen LogP contribution < -0.4 is 10.6 Å². The van der Waals surface area contributed by atoms with Crippen LogP contribution in [-0.4, -0.2) is 27.7 Å². The zero-order chi connectivity index (χ0) is 19.1. The number of nitriles is 1. The number of rotatable bonds is 3. The van der Waals surface area contributed by atoms with Crippen molar-refractivity contribution in [2.75, 3.05) is 18.4 Å². The Hall–Kier alpha value is -1.85. The van der Waals surface area contributed by atoms with Crippen LogP contribution in [0.5, 0.6) is 0 Å². The van der Waals surface area contributed by atoms with Crippen LogP contribution in [0.2, 0.25) is 0 Å². The molecule has 0 atom stereocenters. The van der Waals surface area contributed by atoms with E-state index in [0.29, 0.717) is 12.1 Å². The maximum absolute atomic E-state index is 9.16.